The van der Waals surface area contributed by atoms with Gasteiger partial charge in [-0.2, -0.15) is 13.2 Å². The van der Waals surface area contributed by atoms with Gasteiger partial charge < -0.3 is 14.8 Å². The molecule has 0 aliphatic carbocycles. The SMILES string of the molecule is Cc1cc(C(C)OC(=O)NC(C)(C)C)cnc1OCC(F)(F)F. The van der Waals surface area contributed by atoms with E-state index < -0.39 is 30.5 Å². The Labute approximate surface area is 133 Å². The van der Waals surface area contributed by atoms with Crippen molar-refractivity contribution in [2.45, 2.75) is 52.4 Å². The Morgan fingerprint density at radius 2 is 1.96 bits per heavy atom. The first-order valence-electron chi connectivity index (χ1n) is 7.02. The Morgan fingerprint density at radius 3 is 2.43 bits per heavy atom. The molecule has 0 fully saturated rings. The first-order valence-corrected chi connectivity index (χ1v) is 7.02. The molecular weight excluding hydrogens is 313 g/mol. The molecule has 0 radical (unpaired) electrons. The second-order valence-corrected chi connectivity index (χ2v) is 6.22. The molecule has 1 aromatic rings. The standard InChI is InChI=1S/C15H21F3N2O3/c1-9-6-11(7-19-12(9)22-8-15(16,17)18)10(2)23-13(21)20-14(3,4)5/h6-7,10H,8H2,1-5H3,(H,20,21). The number of rotatable bonds is 4. The highest BCUT2D eigenvalue weighted by Gasteiger charge is 2.29. The summed E-state index contributed by atoms with van der Waals surface area (Å²) in [5.74, 6) is -0.0996. The van der Waals surface area contributed by atoms with Crippen molar-refractivity contribution in [3.63, 3.8) is 0 Å². The van der Waals surface area contributed by atoms with Crippen molar-refractivity contribution < 1.29 is 27.4 Å². The van der Waals surface area contributed by atoms with Crippen LogP contribution in [0.25, 0.3) is 0 Å². The van der Waals surface area contributed by atoms with Crippen LogP contribution in [0, 0.1) is 6.92 Å². The predicted octanol–water partition coefficient (Wildman–Crippen LogP) is 3.92. The molecule has 0 aromatic carbocycles. The Hall–Kier alpha value is -1.99. The van der Waals surface area contributed by atoms with Gasteiger partial charge in [-0.05, 0) is 40.7 Å². The monoisotopic (exact) mass is 334 g/mol. The number of carbonyl (C=O) groups excluding carboxylic acids is 1. The maximum Gasteiger partial charge on any atom is 0.422 e. The second-order valence-electron chi connectivity index (χ2n) is 6.22. The van der Waals surface area contributed by atoms with E-state index in [4.69, 9.17) is 4.74 Å². The molecule has 1 rings (SSSR count). The summed E-state index contributed by atoms with van der Waals surface area (Å²) in [6.07, 6.45) is -4.28. The number of hydrogen-bond acceptors (Lipinski definition) is 4. The number of pyridine rings is 1. The maximum absolute atomic E-state index is 12.1. The van der Waals surface area contributed by atoms with Crippen molar-refractivity contribution in [3.05, 3.63) is 23.4 Å². The molecule has 0 saturated heterocycles. The van der Waals surface area contributed by atoms with E-state index in [1.54, 1.807) is 19.9 Å². The highest BCUT2D eigenvalue weighted by Crippen LogP contribution is 2.24. The molecule has 0 bridgehead atoms. The Kier molecular flexibility index (Phi) is 5.85. The molecule has 5 nitrogen and oxygen atoms in total. The van der Waals surface area contributed by atoms with Gasteiger partial charge in [0, 0.05) is 22.9 Å². The number of aryl methyl sites for hydroxylation is 1. The fourth-order valence-corrected chi connectivity index (χ4v) is 1.67. The lowest BCUT2D eigenvalue weighted by atomic mass is 10.1. The predicted molar refractivity (Wildman–Crippen MR) is 78.3 cm³/mol. The maximum atomic E-state index is 12.1. The third-order valence-corrected chi connectivity index (χ3v) is 2.65. The number of ether oxygens (including phenoxy) is 2. The molecular formula is C15H21F3N2O3. The molecule has 0 saturated carbocycles. The van der Waals surface area contributed by atoms with E-state index in [1.807, 2.05) is 20.8 Å². The Bertz CT molecular complexity index is 554. The lowest BCUT2D eigenvalue weighted by molar-refractivity contribution is -0.154. The second kappa shape index (κ2) is 7.06. The molecule has 1 atom stereocenters. The highest BCUT2D eigenvalue weighted by atomic mass is 19.4. The molecule has 0 aliphatic heterocycles. The Balaban J connectivity index is 2.71. The highest BCUT2D eigenvalue weighted by molar-refractivity contribution is 5.68. The average Bonchev–Trinajstić information content (AvgIpc) is 2.33. The molecule has 1 amide bonds. The zero-order valence-electron chi connectivity index (χ0n) is 13.7. The van der Waals surface area contributed by atoms with Crippen molar-refractivity contribution >= 4 is 6.09 Å². The van der Waals surface area contributed by atoms with Gasteiger partial charge in [0.25, 0.3) is 0 Å². The molecule has 8 heteroatoms. The van der Waals surface area contributed by atoms with Crippen LogP contribution in [0.4, 0.5) is 18.0 Å². The minimum absolute atomic E-state index is 0.0996. The van der Waals surface area contributed by atoms with E-state index in [0.717, 1.165) is 0 Å². The number of halogens is 3. The molecule has 1 unspecified atom stereocenters. The van der Waals surface area contributed by atoms with Gasteiger partial charge in [-0.1, -0.05) is 0 Å². The van der Waals surface area contributed by atoms with E-state index in [1.165, 1.54) is 6.20 Å². The van der Waals surface area contributed by atoms with Crippen LogP contribution in [0.5, 0.6) is 5.88 Å². The molecule has 0 spiro atoms. The van der Waals surface area contributed by atoms with Crippen LogP contribution in [0.2, 0.25) is 0 Å². The van der Waals surface area contributed by atoms with Gasteiger partial charge in [-0.25, -0.2) is 9.78 Å². The van der Waals surface area contributed by atoms with Crippen LogP contribution >= 0.6 is 0 Å². The van der Waals surface area contributed by atoms with Gasteiger partial charge in [0.15, 0.2) is 6.61 Å². The summed E-state index contributed by atoms with van der Waals surface area (Å²) >= 11 is 0. The number of alkyl carbamates (subject to hydrolysis) is 1. The van der Waals surface area contributed by atoms with Gasteiger partial charge in [0.1, 0.15) is 6.10 Å². The quantitative estimate of drug-likeness (QED) is 0.907. The number of carbonyl (C=O) groups is 1. The van der Waals surface area contributed by atoms with Crippen LogP contribution in [0.15, 0.2) is 12.3 Å². The average molecular weight is 334 g/mol. The molecule has 1 N–H and O–H groups in total. The van der Waals surface area contributed by atoms with Crippen LogP contribution in [0.3, 0.4) is 0 Å². The summed E-state index contributed by atoms with van der Waals surface area (Å²) in [6, 6.07) is 1.58. The van der Waals surface area contributed by atoms with E-state index in [-0.39, 0.29) is 5.88 Å². The van der Waals surface area contributed by atoms with Gasteiger partial charge in [0.05, 0.1) is 0 Å². The first-order chi connectivity index (χ1) is 10.4. The summed E-state index contributed by atoms with van der Waals surface area (Å²) in [6.45, 7) is 7.27. The molecule has 0 aliphatic rings. The number of hydrogen-bond donors (Lipinski definition) is 1. The molecule has 23 heavy (non-hydrogen) atoms. The summed E-state index contributed by atoms with van der Waals surface area (Å²) in [4.78, 5) is 15.6. The number of nitrogens with one attached hydrogen (secondary N) is 1. The van der Waals surface area contributed by atoms with Gasteiger partial charge in [0.2, 0.25) is 5.88 Å². The van der Waals surface area contributed by atoms with E-state index in [2.05, 4.69) is 15.0 Å². The fraction of sp³-hybridized carbons (Fsp3) is 0.600. The topological polar surface area (TPSA) is 60.5 Å². The lowest BCUT2D eigenvalue weighted by Crippen LogP contribution is -2.41. The summed E-state index contributed by atoms with van der Waals surface area (Å²) < 4.78 is 46.3. The minimum atomic E-state index is -4.42. The summed E-state index contributed by atoms with van der Waals surface area (Å²) in [5.41, 5.74) is 0.560. The number of amides is 1. The summed E-state index contributed by atoms with van der Waals surface area (Å²) in [5, 5.41) is 2.65. The van der Waals surface area contributed by atoms with Gasteiger partial charge in [-0.15, -0.1) is 0 Å². The van der Waals surface area contributed by atoms with Gasteiger partial charge in [-0.3, -0.25) is 0 Å². The number of alkyl halides is 3. The van der Waals surface area contributed by atoms with Gasteiger partial charge >= 0.3 is 12.3 Å². The smallest absolute Gasteiger partial charge is 0.422 e. The van der Waals surface area contributed by atoms with Crippen LogP contribution < -0.4 is 10.1 Å². The van der Waals surface area contributed by atoms with Crippen molar-refractivity contribution in [2.75, 3.05) is 6.61 Å². The normalized spacial score (nSPS) is 13.4. The third-order valence-electron chi connectivity index (χ3n) is 2.65. The lowest BCUT2D eigenvalue weighted by Gasteiger charge is -2.22. The zero-order chi connectivity index (χ0) is 17.8. The number of aromatic nitrogens is 1. The van der Waals surface area contributed by atoms with Crippen LogP contribution in [-0.2, 0) is 4.74 Å². The third kappa shape index (κ3) is 7.21. The van der Waals surface area contributed by atoms with Crippen molar-refractivity contribution in [1.82, 2.24) is 10.3 Å². The van der Waals surface area contributed by atoms with E-state index >= 15 is 0 Å². The largest absolute Gasteiger partial charge is 0.468 e. The van der Waals surface area contributed by atoms with Crippen LogP contribution in [-0.4, -0.2) is 29.4 Å². The van der Waals surface area contributed by atoms with Crippen molar-refractivity contribution in [3.8, 4) is 5.88 Å². The first kappa shape index (κ1) is 19.1. The zero-order valence-corrected chi connectivity index (χ0v) is 13.7. The molecule has 130 valence electrons. The van der Waals surface area contributed by atoms with Crippen LogP contribution in [0.1, 0.15) is 44.9 Å². The van der Waals surface area contributed by atoms with Crippen molar-refractivity contribution in [2.24, 2.45) is 0 Å². The van der Waals surface area contributed by atoms with E-state index in [9.17, 15) is 18.0 Å². The fourth-order valence-electron chi connectivity index (χ4n) is 1.67. The number of nitrogens with zero attached hydrogens (tertiary/aromatic N) is 1. The molecule has 1 aromatic heterocycles. The minimum Gasteiger partial charge on any atom is -0.468 e. The van der Waals surface area contributed by atoms with E-state index in [0.29, 0.717) is 11.1 Å². The van der Waals surface area contributed by atoms with Crippen molar-refractivity contribution in [1.29, 1.82) is 0 Å². The Morgan fingerprint density at radius 1 is 1.35 bits per heavy atom. The summed E-state index contributed by atoms with van der Waals surface area (Å²) in [7, 11) is 0. The molecule has 1 heterocycles.